The highest BCUT2D eigenvalue weighted by Crippen LogP contribution is 2.37. The lowest BCUT2D eigenvalue weighted by molar-refractivity contribution is 0.0304. The molecule has 9 heteroatoms. The number of anilines is 2. The highest BCUT2D eigenvalue weighted by atomic mass is 32.1. The standard InChI is InChI=1S/C25H28N4O4S/c1-25(2,3)21-16-20(23(30)29-12-14-32-15-13-29)22(34-21)28-24(31)27-17-4-6-18(7-5-17)33-19-8-10-26-11-9-19/h4-11,16H,12-15H2,1-3H3,(H2,27,28,31). The van der Waals surface area contributed by atoms with Crippen molar-refractivity contribution in [2.45, 2.75) is 26.2 Å². The maximum atomic E-state index is 13.2. The van der Waals surface area contributed by atoms with Gasteiger partial charge in [0.2, 0.25) is 0 Å². The van der Waals surface area contributed by atoms with E-state index in [0.717, 1.165) is 4.88 Å². The van der Waals surface area contributed by atoms with Crippen molar-refractivity contribution in [2.75, 3.05) is 36.9 Å². The molecule has 2 N–H and O–H groups in total. The molecule has 0 atom stereocenters. The van der Waals surface area contributed by atoms with E-state index in [1.807, 2.05) is 6.07 Å². The van der Waals surface area contributed by atoms with Gasteiger partial charge < -0.3 is 19.7 Å². The van der Waals surface area contributed by atoms with Gasteiger partial charge in [-0.2, -0.15) is 0 Å². The third-order valence-corrected chi connectivity index (χ3v) is 6.70. The average molecular weight is 481 g/mol. The minimum absolute atomic E-state index is 0.0945. The Bertz CT molecular complexity index is 1130. The first-order chi connectivity index (χ1) is 16.3. The van der Waals surface area contributed by atoms with E-state index in [1.165, 1.54) is 11.3 Å². The molecule has 0 bridgehead atoms. The lowest BCUT2D eigenvalue weighted by atomic mass is 9.94. The molecule has 1 aliphatic heterocycles. The van der Waals surface area contributed by atoms with Crippen molar-refractivity contribution in [2.24, 2.45) is 0 Å². The monoisotopic (exact) mass is 480 g/mol. The molecule has 0 aliphatic carbocycles. The van der Waals surface area contributed by atoms with Crippen LogP contribution in [0.2, 0.25) is 0 Å². The first-order valence-corrected chi connectivity index (χ1v) is 11.9. The Morgan fingerprint density at radius 2 is 1.65 bits per heavy atom. The van der Waals surface area contributed by atoms with Crippen molar-refractivity contribution >= 4 is 34.0 Å². The van der Waals surface area contributed by atoms with Crippen LogP contribution in [-0.4, -0.2) is 48.1 Å². The van der Waals surface area contributed by atoms with Gasteiger partial charge in [-0.05, 0) is 47.9 Å². The number of pyridine rings is 1. The molecule has 1 fully saturated rings. The van der Waals surface area contributed by atoms with Crippen molar-refractivity contribution in [3.05, 3.63) is 65.3 Å². The molecule has 0 unspecified atom stereocenters. The number of nitrogens with one attached hydrogen (secondary N) is 2. The summed E-state index contributed by atoms with van der Waals surface area (Å²) in [7, 11) is 0. The predicted octanol–water partition coefficient (Wildman–Crippen LogP) is 5.35. The molecule has 0 spiro atoms. The number of benzene rings is 1. The zero-order chi connectivity index (χ0) is 24.1. The Morgan fingerprint density at radius 1 is 1.00 bits per heavy atom. The highest BCUT2D eigenvalue weighted by molar-refractivity contribution is 7.16. The quantitative estimate of drug-likeness (QED) is 0.514. The van der Waals surface area contributed by atoms with Crippen LogP contribution >= 0.6 is 11.3 Å². The summed E-state index contributed by atoms with van der Waals surface area (Å²) in [4.78, 5) is 32.7. The van der Waals surface area contributed by atoms with Crippen molar-refractivity contribution in [1.82, 2.24) is 9.88 Å². The summed E-state index contributed by atoms with van der Waals surface area (Å²) in [6.45, 7) is 8.38. The van der Waals surface area contributed by atoms with Gasteiger partial charge >= 0.3 is 6.03 Å². The minimum Gasteiger partial charge on any atom is -0.457 e. The Balaban J connectivity index is 1.45. The van der Waals surface area contributed by atoms with Crippen LogP contribution in [0.4, 0.5) is 15.5 Å². The largest absolute Gasteiger partial charge is 0.457 e. The maximum Gasteiger partial charge on any atom is 0.324 e. The molecule has 1 saturated heterocycles. The number of hydrogen-bond acceptors (Lipinski definition) is 6. The summed E-state index contributed by atoms with van der Waals surface area (Å²) < 4.78 is 11.1. The zero-order valence-corrected chi connectivity index (χ0v) is 20.3. The Kier molecular flexibility index (Phi) is 7.14. The van der Waals surface area contributed by atoms with Gasteiger partial charge in [0.25, 0.3) is 5.91 Å². The molecule has 4 rings (SSSR count). The number of urea groups is 1. The summed E-state index contributed by atoms with van der Waals surface area (Å²) in [6, 6.07) is 12.1. The van der Waals surface area contributed by atoms with Crippen LogP contribution in [0.25, 0.3) is 0 Å². The normalized spacial score (nSPS) is 13.9. The second-order valence-electron chi connectivity index (χ2n) is 8.90. The van der Waals surface area contributed by atoms with Crippen LogP contribution < -0.4 is 15.4 Å². The van der Waals surface area contributed by atoms with Crippen LogP contribution in [0.3, 0.4) is 0 Å². The molecule has 3 aromatic rings. The van der Waals surface area contributed by atoms with Gasteiger partial charge in [-0.1, -0.05) is 20.8 Å². The summed E-state index contributed by atoms with van der Waals surface area (Å²) >= 11 is 1.43. The Labute approximate surface area is 202 Å². The van der Waals surface area contributed by atoms with E-state index in [2.05, 4.69) is 36.4 Å². The van der Waals surface area contributed by atoms with Crippen molar-refractivity contribution in [3.8, 4) is 11.5 Å². The van der Waals surface area contributed by atoms with Crippen LogP contribution in [0, 0.1) is 0 Å². The molecule has 34 heavy (non-hydrogen) atoms. The van der Waals surface area contributed by atoms with E-state index in [0.29, 0.717) is 54.1 Å². The number of rotatable bonds is 5. The van der Waals surface area contributed by atoms with Crippen molar-refractivity contribution in [3.63, 3.8) is 0 Å². The number of morpholine rings is 1. The number of amides is 3. The van der Waals surface area contributed by atoms with E-state index < -0.39 is 6.03 Å². The van der Waals surface area contributed by atoms with Gasteiger partial charge in [0.15, 0.2) is 0 Å². The van der Waals surface area contributed by atoms with Crippen LogP contribution in [0.15, 0.2) is 54.9 Å². The fraction of sp³-hybridized carbons (Fsp3) is 0.320. The third kappa shape index (κ3) is 5.92. The summed E-state index contributed by atoms with van der Waals surface area (Å²) in [5.74, 6) is 1.23. The first-order valence-electron chi connectivity index (χ1n) is 11.1. The molecular weight excluding hydrogens is 452 g/mol. The predicted molar refractivity (Wildman–Crippen MR) is 133 cm³/mol. The fourth-order valence-corrected chi connectivity index (χ4v) is 4.47. The van der Waals surface area contributed by atoms with Crippen LogP contribution in [0.1, 0.15) is 36.0 Å². The first kappa shape index (κ1) is 23.7. The fourth-order valence-electron chi connectivity index (χ4n) is 3.36. The second kappa shape index (κ2) is 10.2. The van der Waals surface area contributed by atoms with E-state index in [4.69, 9.17) is 9.47 Å². The lowest BCUT2D eigenvalue weighted by Gasteiger charge is -2.27. The number of aromatic nitrogens is 1. The molecule has 8 nitrogen and oxygen atoms in total. The van der Waals surface area contributed by atoms with Gasteiger partial charge in [-0.3, -0.25) is 15.1 Å². The van der Waals surface area contributed by atoms with Crippen LogP contribution in [-0.2, 0) is 10.2 Å². The molecular formula is C25H28N4O4S. The molecule has 1 aromatic carbocycles. The van der Waals surface area contributed by atoms with Gasteiger partial charge in [0.05, 0.1) is 18.8 Å². The van der Waals surface area contributed by atoms with E-state index >= 15 is 0 Å². The van der Waals surface area contributed by atoms with Crippen LogP contribution in [0.5, 0.6) is 11.5 Å². The van der Waals surface area contributed by atoms with Crippen molar-refractivity contribution in [1.29, 1.82) is 0 Å². The second-order valence-corrected chi connectivity index (χ2v) is 9.95. The van der Waals surface area contributed by atoms with E-state index in [9.17, 15) is 9.59 Å². The number of carbonyl (C=O) groups excluding carboxylic acids is 2. The third-order valence-electron chi connectivity index (χ3n) is 5.22. The average Bonchev–Trinajstić information content (AvgIpc) is 3.25. The molecule has 0 saturated carbocycles. The molecule has 0 radical (unpaired) electrons. The summed E-state index contributed by atoms with van der Waals surface area (Å²) in [5.41, 5.74) is 0.965. The maximum absolute atomic E-state index is 13.2. The lowest BCUT2D eigenvalue weighted by Crippen LogP contribution is -2.40. The molecule has 178 valence electrons. The molecule has 3 amide bonds. The van der Waals surface area contributed by atoms with E-state index in [1.54, 1.807) is 53.7 Å². The Morgan fingerprint density at radius 3 is 2.29 bits per heavy atom. The van der Waals surface area contributed by atoms with Gasteiger partial charge in [0, 0.05) is 36.0 Å². The number of ether oxygens (including phenoxy) is 2. The van der Waals surface area contributed by atoms with E-state index in [-0.39, 0.29) is 11.3 Å². The Hall–Kier alpha value is -3.43. The SMILES string of the molecule is CC(C)(C)c1cc(C(=O)N2CCOCC2)c(NC(=O)Nc2ccc(Oc3ccncc3)cc2)s1. The van der Waals surface area contributed by atoms with Crippen molar-refractivity contribution < 1.29 is 19.1 Å². The molecule has 3 heterocycles. The topological polar surface area (TPSA) is 92.8 Å². The summed E-state index contributed by atoms with van der Waals surface area (Å²) in [5, 5.41) is 6.24. The summed E-state index contributed by atoms with van der Waals surface area (Å²) in [6.07, 6.45) is 3.31. The number of hydrogen-bond donors (Lipinski definition) is 2. The van der Waals surface area contributed by atoms with Gasteiger partial charge in [-0.15, -0.1) is 11.3 Å². The number of thiophene rings is 1. The molecule has 1 aliphatic rings. The van der Waals surface area contributed by atoms with Gasteiger partial charge in [0.1, 0.15) is 16.5 Å². The minimum atomic E-state index is -0.416. The highest BCUT2D eigenvalue weighted by Gasteiger charge is 2.27. The molecule has 2 aromatic heterocycles. The zero-order valence-electron chi connectivity index (χ0n) is 19.5. The number of carbonyl (C=O) groups is 2. The van der Waals surface area contributed by atoms with Gasteiger partial charge in [-0.25, -0.2) is 4.79 Å². The smallest absolute Gasteiger partial charge is 0.324 e. The number of nitrogens with zero attached hydrogens (tertiary/aromatic N) is 2.